The molecule has 11 heteroatoms. The lowest BCUT2D eigenvalue weighted by Gasteiger charge is -2.27. The Morgan fingerprint density at radius 2 is 2.09 bits per heavy atom. The number of anilines is 1. The summed E-state index contributed by atoms with van der Waals surface area (Å²) in [5.74, 6) is -2.77. The summed E-state index contributed by atoms with van der Waals surface area (Å²) in [6.45, 7) is 0.629. The minimum Gasteiger partial charge on any atom is -0.477 e. The van der Waals surface area contributed by atoms with E-state index in [1.807, 2.05) is 4.90 Å². The van der Waals surface area contributed by atoms with Crippen LogP contribution in [0, 0.1) is 11.6 Å². The highest BCUT2D eigenvalue weighted by Gasteiger charge is 2.29. The summed E-state index contributed by atoms with van der Waals surface area (Å²) in [7, 11) is 1.71. The van der Waals surface area contributed by atoms with Gasteiger partial charge in [-0.1, -0.05) is 0 Å². The Morgan fingerprint density at radius 1 is 1.26 bits per heavy atom. The van der Waals surface area contributed by atoms with Crippen molar-refractivity contribution in [2.45, 2.75) is 18.9 Å². The van der Waals surface area contributed by atoms with Crippen LogP contribution in [0.3, 0.4) is 0 Å². The zero-order chi connectivity index (χ0) is 24.7. The number of rotatable bonds is 6. The van der Waals surface area contributed by atoms with Gasteiger partial charge in [0.2, 0.25) is 11.3 Å². The van der Waals surface area contributed by atoms with E-state index in [1.54, 1.807) is 13.2 Å². The van der Waals surface area contributed by atoms with Crippen molar-refractivity contribution < 1.29 is 23.4 Å². The van der Waals surface area contributed by atoms with Gasteiger partial charge in [0, 0.05) is 37.6 Å². The molecule has 1 aromatic carbocycles. The van der Waals surface area contributed by atoms with Crippen molar-refractivity contribution in [3.8, 4) is 11.6 Å². The number of carboxylic acid groups (broad SMARTS) is 1. The van der Waals surface area contributed by atoms with E-state index in [2.05, 4.69) is 10.1 Å². The summed E-state index contributed by atoms with van der Waals surface area (Å²) < 4.78 is 37.9. The molecule has 1 atom stereocenters. The van der Waals surface area contributed by atoms with Gasteiger partial charge >= 0.3 is 5.97 Å². The van der Waals surface area contributed by atoms with Crippen LogP contribution in [0.4, 0.5) is 14.5 Å². The average molecular weight is 481 g/mol. The Labute approximate surface area is 197 Å². The predicted octanol–water partition coefficient (Wildman–Crippen LogP) is 3.14. The second kappa shape index (κ2) is 8.82. The first-order valence-corrected chi connectivity index (χ1v) is 10.9. The summed E-state index contributed by atoms with van der Waals surface area (Å²) in [5.41, 5.74) is -0.148. The molecule has 0 amide bonds. The Hall–Kier alpha value is -4.28. The van der Waals surface area contributed by atoms with E-state index in [0.29, 0.717) is 24.2 Å². The van der Waals surface area contributed by atoms with Crippen molar-refractivity contribution >= 4 is 22.6 Å². The van der Waals surface area contributed by atoms with E-state index in [9.17, 15) is 19.1 Å². The third-order valence-electron chi connectivity index (χ3n) is 6.10. The number of hydrogen-bond acceptors (Lipinski definition) is 6. The van der Waals surface area contributed by atoms with Crippen LogP contribution in [0.2, 0.25) is 0 Å². The summed E-state index contributed by atoms with van der Waals surface area (Å²) in [5, 5.41) is 13.6. The number of benzene rings is 1. The zero-order valence-electron chi connectivity index (χ0n) is 18.7. The Bertz CT molecular complexity index is 1500. The molecule has 0 aliphatic carbocycles. The Kier molecular flexibility index (Phi) is 5.67. The fraction of sp³-hybridized carbons (Fsp3) is 0.250. The summed E-state index contributed by atoms with van der Waals surface area (Å²) in [6.07, 6.45) is 7.29. The van der Waals surface area contributed by atoms with E-state index in [1.165, 1.54) is 46.0 Å². The molecule has 4 aromatic rings. The van der Waals surface area contributed by atoms with E-state index in [4.69, 9.17) is 4.74 Å². The van der Waals surface area contributed by atoms with Crippen LogP contribution in [0.5, 0.6) is 5.88 Å². The molecule has 35 heavy (non-hydrogen) atoms. The van der Waals surface area contributed by atoms with Crippen LogP contribution in [-0.4, -0.2) is 49.6 Å². The molecule has 1 aliphatic rings. The fourth-order valence-corrected chi connectivity index (χ4v) is 4.43. The lowest BCUT2D eigenvalue weighted by Crippen LogP contribution is -2.35. The highest BCUT2D eigenvalue weighted by atomic mass is 19.1. The van der Waals surface area contributed by atoms with Crippen molar-refractivity contribution in [2.75, 3.05) is 18.1 Å². The maximum Gasteiger partial charge on any atom is 0.341 e. The number of ether oxygens (including phenoxy) is 1. The maximum atomic E-state index is 15.4. The number of aromatic carboxylic acids is 1. The summed E-state index contributed by atoms with van der Waals surface area (Å²) in [6, 6.07) is 5.07. The highest BCUT2D eigenvalue weighted by Crippen LogP contribution is 2.32. The van der Waals surface area contributed by atoms with Crippen LogP contribution in [0.25, 0.3) is 16.6 Å². The van der Waals surface area contributed by atoms with Gasteiger partial charge < -0.3 is 19.3 Å². The minimum absolute atomic E-state index is 0.0578. The standard InChI is InChI=1S/C24H21F2N5O4/c1-29-11-15(10-28-29)31-12-17(24(33)34)22(32)16-8-19(26)21(9-20(16)31)30-7-3-4-14(30)13-35-23-18(25)5-2-6-27-23/h2,5-6,8-12,14H,3-4,7,13H2,1H3,(H,33,34)/t14-/m1/s1. The van der Waals surface area contributed by atoms with Gasteiger partial charge in [-0.3, -0.25) is 9.48 Å². The molecule has 9 nitrogen and oxygen atoms in total. The van der Waals surface area contributed by atoms with E-state index in [0.717, 1.165) is 12.5 Å². The molecule has 1 N–H and O–H groups in total. The molecule has 0 unspecified atom stereocenters. The molecule has 1 aliphatic heterocycles. The monoisotopic (exact) mass is 481 g/mol. The van der Waals surface area contributed by atoms with E-state index >= 15 is 4.39 Å². The molecule has 4 heterocycles. The van der Waals surface area contributed by atoms with Gasteiger partial charge in [-0.15, -0.1) is 0 Å². The molecule has 0 radical (unpaired) electrons. The average Bonchev–Trinajstić information content (AvgIpc) is 3.47. The number of pyridine rings is 2. The first kappa shape index (κ1) is 22.5. The van der Waals surface area contributed by atoms with Gasteiger partial charge in [-0.25, -0.2) is 18.6 Å². The number of nitrogens with zero attached hydrogens (tertiary/aromatic N) is 5. The van der Waals surface area contributed by atoms with Gasteiger partial charge in [0.15, 0.2) is 5.82 Å². The molecule has 0 saturated carbocycles. The fourth-order valence-electron chi connectivity index (χ4n) is 4.43. The molecule has 0 bridgehead atoms. The molecule has 0 spiro atoms. The first-order valence-electron chi connectivity index (χ1n) is 10.9. The van der Waals surface area contributed by atoms with Crippen LogP contribution < -0.4 is 15.1 Å². The minimum atomic E-state index is -1.41. The van der Waals surface area contributed by atoms with Crippen molar-refractivity contribution in [2.24, 2.45) is 7.05 Å². The Balaban J connectivity index is 1.58. The van der Waals surface area contributed by atoms with E-state index in [-0.39, 0.29) is 29.6 Å². The lowest BCUT2D eigenvalue weighted by atomic mass is 10.1. The van der Waals surface area contributed by atoms with Crippen molar-refractivity contribution in [1.82, 2.24) is 19.3 Å². The number of carboxylic acids is 1. The first-order chi connectivity index (χ1) is 16.8. The highest BCUT2D eigenvalue weighted by molar-refractivity contribution is 5.94. The Morgan fingerprint density at radius 3 is 2.80 bits per heavy atom. The van der Waals surface area contributed by atoms with Crippen molar-refractivity contribution in [3.05, 3.63) is 76.5 Å². The normalized spacial score (nSPS) is 15.6. The zero-order valence-corrected chi connectivity index (χ0v) is 18.7. The quantitative estimate of drug-likeness (QED) is 0.451. The number of fused-ring (bicyclic) bond motifs is 1. The SMILES string of the molecule is Cn1cc(-n2cc(C(=O)O)c(=O)c3cc(F)c(N4CCC[C@@H]4COc4ncccc4F)cc32)cn1. The predicted molar refractivity (Wildman–Crippen MR) is 123 cm³/mol. The van der Waals surface area contributed by atoms with Crippen LogP contribution in [0.1, 0.15) is 23.2 Å². The van der Waals surface area contributed by atoms with Gasteiger partial charge in [-0.2, -0.15) is 5.10 Å². The smallest absolute Gasteiger partial charge is 0.341 e. The lowest BCUT2D eigenvalue weighted by molar-refractivity contribution is 0.0695. The van der Waals surface area contributed by atoms with Crippen molar-refractivity contribution in [1.29, 1.82) is 0 Å². The molecule has 1 fully saturated rings. The number of carbonyl (C=O) groups is 1. The number of aryl methyl sites for hydroxylation is 1. The molecule has 3 aromatic heterocycles. The van der Waals surface area contributed by atoms with Gasteiger partial charge in [0.25, 0.3) is 0 Å². The van der Waals surface area contributed by atoms with Crippen LogP contribution in [-0.2, 0) is 7.05 Å². The van der Waals surface area contributed by atoms with Gasteiger partial charge in [0.05, 0.1) is 29.1 Å². The van der Waals surface area contributed by atoms with Crippen LogP contribution >= 0.6 is 0 Å². The molecule has 5 rings (SSSR count). The molecular weight excluding hydrogens is 460 g/mol. The van der Waals surface area contributed by atoms with Gasteiger partial charge in [0.1, 0.15) is 18.0 Å². The topological polar surface area (TPSA) is 102 Å². The third kappa shape index (κ3) is 4.09. The summed E-state index contributed by atoms with van der Waals surface area (Å²) >= 11 is 0. The van der Waals surface area contributed by atoms with Gasteiger partial charge in [-0.05, 0) is 37.1 Å². The number of halogens is 2. The molecule has 1 saturated heterocycles. The second-order valence-corrected chi connectivity index (χ2v) is 8.33. The molecule has 180 valence electrons. The number of hydrogen-bond donors (Lipinski definition) is 1. The number of aromatic nitrogens is 4. The van der Waals surface area contributed by atoms with Crippen molar-refractivity contribution in [3.63, 3.8) is 0 Å². The van der Waals surface area contributed by atoms with Crippen LogP contribution in [0.15, 0.2) is 53.8 Å². The largest absolute Gasteiger partial charge is 0.477 e. The second-order valence-electron chi connectivity index (χ2n) is 8.33. The maximum absolute atomic E-state index is 15.4. The molecular formula is C24H21F2N5O4. The summed E-state index contributed by atoms with van der Waals surface area (Å²) in [4.78, 5) is 30.2. The third-order valence-corrected chi connectivity index (χ3v) is 6.10. The van der Waals surface area contributed by atoms with E-state index < -0.39 is 28.6 Å².